The molecule has 3 nitrogen and oxygen atoms in total. The molecule has 1 rings (SSSR count). The van der Waals surface area contributed by atoms with E-state index in [2.05, 4.69) is 18.9 Å². The molecule has 1 aliphatic carbocycles. The number of aliphatic hydroxyl groups excluding tert-OH is 1. The molecule has 0 aliphatic heterocycles. The van der Waals surface area contributed by atoms with Crippen molar-refractivity contribution >= 4 is 0 Å². The zero-order valence-electron chi connectivity index (χ0n) is 10.2. The Balaban J connectivity index is 2.28. The highest BCUT2D eigenvalue weighted by Crippen LogP contribution is 2.33. The van der Waals surface area contributed by atoms with Crippen LogP contribution in [0.2, 0.25) is 0 Å². The van der Waals surface area contributed by atoms with Gasteiger partial charge in [0.1, 0.15) is 0 Å². The monoisotopic (exact) mass is 214 g/mol. The Labute approximate surface area is 93.6 Å². The highest BCUT2D eigenvalue weighted by Gasteiger charge is 2.35. The number of hydrogen-bond acceptors (Lipinski definition) is 3. The van der Waals surface area contributed by atoms with Crippen LogP contribution in [0.4, 0.5) is 0 Å². The minimum absolute atomic E-state index is 0.161. The lowest BCUT2D eigenvalue weighted by molar-refractivity contribution is 0.118. The maximum absolute atomic E-state index is 9.38. The maximum Gasteiger partial charge on any atom is 0.0601 e. The summed E-state index contributed by atoms with van der Waals surface area (Å²) in [6.07, 6.45) is 6.22. The summed E-state index contributed by atoms with van der Waals surface area (Å²) in [5.41, 5.74) is 6.14. The second kappa shape index (κ2) is 6.46. The summed E-state index contributed by atoms with van der Waals surface area (Å²) in [6.45, 7) is 3.46. The Morgan fingerprint density at radius 2 is 2.07 bits per heavy atom. The highest BCUT2D eigenvalue weighted by atomic mass is 16.3. The van der Waals surface area contributed by atoms with Gasteiger partial charge in [0.15, 0.2) is 0 Å². The first-order valence-electron chi connectivity index (χ1n) is 6.27. The summed E-state index contributed by atoms with van der Waals surface area (Å²) in [7, 11) is 2.08. The van der Waals surface area contributed by atoms with Crippen LogP contribution in [0.3, 0.4) is 0 Å². The Morgan fingerprint density at radius 3 is 2.53 bits per heavy atom. The van der Waals surface area contributed by atoms with Gasteiger partial charge in [-0.05, 0) is 38.8 Å². The van der Waals surface area contributed by atoms with Gasteiger partial charge in [0, 0.05) is 12.1 Å². The smallest absolute Gasteiger partial charge is 0.0601 e. The summed E-state index contributed by atoms with van der Waals surface area (Å²) < 4.78 is 0. The van der Waals surface area contributed by atoms with E-state index in [-0.39, 0.29) is 18.7 Å². The summed E-state index contributed by atoms with van der Waals surface area (Å²) in [5, 5.41) is 9.38. The third-order valence-corrected chi connectivity index (χ3v) is 3.48. The number of likely N-dealkylation sites (N-methyl/N-ethyl adjacent to an activating group) is 1. The van der Waals surface area contributed by atoms with E-state index >= 15 is 0 Å². The van der Waals surface area contributed by atoms with Crippen molar-refractivity contribution in [2.45, 2.75) is 51.1 Å². The SMILES string of the molecule is CCCCCN(C)C(CO)C(N)C1CC1. The van der Waals surface area contributed by atoms with Gasteiger partial charge in [0.25, 0.3) is 0 Å². The number of aliphatic hydroxyl groups is 1. The van der Waals surface area contributed by atoms with Crippen LogP contribution in [0, 0.1) is 5.92 Å². The predicted molar refractivity (Wildman–Crippen MR) is 63.7 cm³/mol. The minimum atomic E-state index is 0.161. The van der Waals surface area contributed by atoms with Gasteiger partial charge in [-0.1, -0.05) is 19.8 Å². The molecule has 0 aromatic heterocycles. The largest absolute Gasteiger partial charge is 0.395 e. The molecule has 0 aromatic rings. The van der Waals surface area contributed by atoms with Crippen LogP contribution in [-0.4, -0.2) is 42.3 Å². The molecule has 15 heavy (non-hydrogen) atoms. The molecule has 0 spiro atoms. The molecule has 0 bridgehead atoms. The molecular weight excluding hydrogens is 188 g/mol. The fourth-order valence-corrected chi connectivity index (χ4v) is 2.13. The average Bonchev–Trinajstić information content (AvgIpc) is 3.02. The molecule has 1 fully saturated rings. The molecule has 1 aliphatic rings. The second-order valence-electron chi connectivity index (χ2n) is 4.85. The third-order valence-electron chi connectivity index (χ3n) is 3.48. The molecule has 0 aromatic carbocycles. The summed E-state index contributed by atoms with van der Waals surface area (Å²) in [6, 6.07) is 0.330. The topological polar surface area (TPSA) is 49.5 Å². The van der Waals surface area contributed by atoms with E-state index in [1.165, 1.54) is 32.1 Å². The lowest BCUT2D eigenvalue weighted by Gasteiger charge is -2.31. The number of rotatable bonds is 8. The molecule has 0 radical (unpaired) electrons. The van der Waals surface area contributed by atoms with Crippen LogP contribution in [0.5, 0.6) is 0 Å². The Bertz CT molecular complexity index is 171. The van der Waals surface area contributed by atoms with E-state index in [0.29, 0.717) is 5.92 Å². The number of nitrogens with zero attached hydrogens (tertiary/aromatic N) is 1. The second-order valence-corrected chi connectivity index (χ2v) is 4.85. The number of unbranched alkanes of at least 4 members (excludes halogenated alkanes) is 2. The molecule has 2 unspecified atom stereocenters. The molecule has 0 heterocycles. The van der Waals surface area contributed by atoms with Crippen LogP contribution in [0.25, 0.3) is 0 Å². The van der Waals surface area contributed by atoms with Crippen molar-refractivity contribution in [1.82, 2.24) is 4.90 Å². The Hall–Kier alpha value is -0.120. The van der Waals surface area contributed by atoms with E-state index in [0.717, 1.165) is 6.54 Å². The van der Waals surface area contributed by atoms with Crippen molar-refractivity contribution in [2.75, 3.05) is 20.2 Å². The third kappa shape index (κ3) is 4.09. The van der Waals surface area contributed by atoms with Gasteiger partial charge in [0.2, 0.25) is 0 Å². The Morgan fingerprint density at radius 1 is 1.40 bits per heavy atom. The molecule has 1 saturated carbocycles. The van der Waals surface area contributed by atoms with Crippen molar-refractivity contribution in [1.29, 1.82) is 0 Å². The quantitative estimate of drug-likeness (QED) is 0.597. The predicted octanol–water partition coefficient (Wildman–Crippen LogP) is 1.21. The van der Waals surface area contributed by atoms with Gasteiger partial charge >= 0.3 is 0 Å². The highest BCUT2D eigenvalue weighted by molar-refractivity contribution is 4.92. The lowest BCUT2D eigenvalue weighted by Crippen LogP contribution is -2.49. The van der Waals surface area contributed by atoms with Gasteiger partial charge in [-0.15, -0.1) is 0 Å². The van der Waals surface area contributed by atoms with E-state index in [9.17, 15) is 5.11 Å². The molecule has 0 amide bonds. The Kier molecular flexibility index (Phi) is 5.58. The maximum atomic E-state index is 9.38. The van der Waals surface area contributed by atoms with E-state index in [1.807, 2.05) is 0 Å². The van der Waals surface area contributed by atoms with E-state index < -0.39 is 0 Å². The van der Waals surface area contributed by atoms with Crippen LogP contribution in [-0.2, 0) is 0 Å². The number of hydrogen-bond donors (Lipinski definition) is 2. The van der Waals surface area contributed by atoms with E-state index in [1.54, 1.807) is 0 Å². The van der Waals surface area contributed by atoms with Crippen molar-refractivity contribution in [3.8, 4) is 0 Å². The van der Waals surface area contributed by atoms with Crippen molar-refractivity contribution in [3.63, 3.8) is 0 Å². The van der Waals surface area contributed by atoms with Gasteiger partial charge < -0.3 is 10.8 Å². The van der Waals surface area contributed by atoms with Crippen LogP contribution in [0.1, 0.15) is 39.0 Å². The molecular formula is C12H26N2O. The van der Waals surface area contributed by atoms with Crippen molar-refractivity contribution in [2.24, 2.45) is 11.7 Å². The summed E-state index contributed by atoms with van der Waals surface area (Å²) in [5.74, 6) is 0.663. The average molecular weight is 214 g/mol. The molecule has 0 saturated heterocycles. The van der Waals surface area contributed by atoms with Gasteiger partial charge in [-0.3, -0.25) is 4.90 Å². The number of nitrogens with two attached hydrogens (primary N) is 1. The lowest BCUT2D eigenvalue weighted by atomic mass is 10.0. The van der Waals surface area contributed by atoms with Crippen LogP contribution in [0.15, 0.2) is 0 Å². The summed E-state index contributed by atoms with van der Waals surface area (Å²) in [4.78, 5) is 2.23. The molecule has 3 heteroatoms. The van der Waals surface area contributed by atoms with Gasteiger partial charge in [-0.2, -0.15) is 0 Å². The molecule has 3 N–H and O–H groups in total. The first-order valence-corrected chi connectivity index (χ1v) is 6.27. The fraction of sp³-hybridized carbons (Fsp3) is 1.00. The molecule has 2 atom stereocenters. The zero-order valence-corrected chi connectivity index (χ0v) is 10.2. The van der Waals surface area contributed by atoms with Gasteiger partial charge in [0.05, 0.1) is 6.61 Å². The normalized spacial score (nSPS) is 20.6. The van der Waals surface area contributed by atoms with Crippen molar-refractivity contribution < 1.29 is 5.11 Å². The molecule has 90 valence electrons. The van der Waals surface area contributed by atoms with Crippen LogP contribution < -0.4 is 5.73 Å². The first-order chi connectivity index (χ1) is 7.20. The fourth-order valence-electron chi connectivity index (χ4n) is 2.13. The van der Waals surface area contributed by atoms with Crippen LogP contribution >= 0.6 is 0 Å². The van der Waals surface area contributed by atoms with E-state index in [4.69, 9.17) is 5.73 Å². The van der Waals surface area contributed by atoms with Gasteiger partial charge in [-0.25, -0.2) is 0 Å². The zero-order chi connectivity index (χ0) is 11.3. The first kappa shape index (κ1) is 12.9. The summed E-state index contributed by atoms with van der Waals surface area (Å²) >= 11 is 0. The minimum Gasteiger partial charge on any atom is -0.395 e. The standard InChI is InChI=1S/C12H26N2O/c1-3-4-5-8-14(2)11(9-15)12(13)10-6-7-10/h10-12,15H,3-9,13H2,1-2H3. The van der Waals surface area contributed by atoms with Crippen molar-refractivity contribution in [3.05, 3.63) is 0 Å².